The molecule has 1 N–H and O–H groups in total. The lowest BCUT2D eigenvalue weighted by atomic mass is 10.1. The molecule has 132 valence electrons. The molecule has 2 heterocycles. The van der Waals surface area contributed by atoms with E-state index in [1.54, 1.807) is 23.2 Å². The smallest absolute Gasteiger partial charge is 0.261 e. The van der Waals surface area contributed by atoms with Crippen molar-refractivity contribution >= 4 is 21.6 Å². The first-order valence-corrected chi connectivity index (χ1v) is 9.40. The third kappa shape index (κ3) is 3.74. The average molecular weight is 361 g/mol. The van der Waals surface area contributed by atoms with Gasteiger partial charge in [0.15, 0.2) is 0 Å². The van der Waals surface area contributed by atoms with E-state index >= 15 is 0 Å². The van der Waals surface area contributed by atoms with Gasteiger partial charge in [-0.3, -0.25) is 14.5 Å². The molecule has 1 saturated heterocycles. The minimum Gasteiger partial charge on any atom is -0.496 e. The highest BCUT2D eigenvalue weighted by Crippen LogP contribution is 2.26. The van der Waals surface area contributed by atoms with Gasteiger partial charge in [0.05, 0.1) is 29.5 Å². The van der Waals surface area contributed by atoms with Gasteiger partial charge in [0, 0.05) is 19.3 Å². The molecule has 0 bridgehead atoms. The van der Waals surface area contributed by atoms with Gasteiger partial charge in [-0.25, -0.2) is 8.42 Å². The number of carbonyl (C=O) groups is 1. The van der Waals surface area contributed by atoms with Crippen LogP contribution in [-0.2, 0) is 10.0 Å². The standard InChI is InChI=1S/C17H19N3O4S/c1-24-16-7-6-14(11-15(16)17(21)20-9-2-3-10-20)25(22,23)19-13-5-4-8-18-12-13/h4-8,11-12,19H,2-3,9-10H2,1H3. The van der Waals surface area contributed by atoms with Gasteiger partial charge in [-0.15, -0.1) is 0 Å². The summed E-state index contributed by atoms with van der Waals surface area (Å²) in [5.41, 5.74) is 0.601. The number of carbonyl (C=O) groups excluding carboxylic acids is 1. The van der Waals surface area contributed by atoms with Crippen LogP contribution in [-0.4, -0.2) is 44.4 Å². The third-order valence-electron chi connectivity index (χ3n) is 4.02. The van der Waals surface area contributed by atoms with E-state index < -0.39 is 10.0 Å². The third-order valence-corrected chi connectivity index (χ3v) is 5.40. The molecule has 0 aliphatic carbocycles. The van der Waals surface area contributed by atoms with Gasteiger partial charge in [0.1, 0.15) is 5.75 Å². The van der Waals surface area contributed by atoms with Crippen molar-refractivity contribution in [3.8, 4) is 5.75 Å². The van der Waals surface area contributed by atoms with Gasteiger partial charge >= 0.3 is 0 Å². The summed E-state index contributed by atoms with van der Waals surface area (Å²) in [6.45, 7) is 1.35. The number of anilines is 1. The lowest BCUT2D eigenvalue weighted by Crippen LogP contribution is -2.28. The fraction of sp³-hybridized carbons (Fsp3) is 0.294. The van der Waals surface area contributed by atoms with Crippen LogP contribution in [0.15, 0.2) is 47.6 Å². The summed E-state index contributed by atoms with van der Waals surface area (Å²) in [5.74, 6) is 0.144. The lowest BCUT2D eigenvalue weighted by molar-refractivity contribution is 0.0789. The largest absolute Gasteiger partial charge is 0.496 e. The van der Waals surface area contributed by atoms with Crippen LogP contribution in [0.3, 0.4) is 0 Å². The van der Waals surface area contributed by atoms with Crippen LogP contribution in [0, 0.1) is 0 Å². The van der Waals surface area contributed by atoms with Crippen molar-refractivity contribution in [2.45, 2.75) is 17.7 Å². The van der Waals surface area contributed by atoms with Gasteiger partial charge in [-0.1, -0.05) is 0 Å². The number of rotatable bonds is 5. The molecule has 1 fully saturated rings. The number of amides is 1. The number of hydrogen-bond acceptors (Lipinski definition) is 5. The zero-order chi connectivity index (χ0) is 17.9. The molecule has 0 saturated carbocycles. The van der Waals surface area contributed by atoms with E-state index in [4.69, 9.17) is 4.74 Å². The Bertz CT molecular complexity index is 863. The number of nitrogens with one attached hydrogen (secondary N) is 1. The van der Waals surface area contributed by atoms with Gasteiger partial charge < -0.3 is 9.64 Å². The van der Waals surface area contributed by atoms with Crippen LogP contribution >= 0.6 is 0 Å². The molecule has 1 aliphatic rings. The molecule has 25 heavy (non-hydrogen) atoms. The maximum absolute atomic E-state index is 12.7. The van der Waals surface area contributed by atoms with Crippen LogP contribution < -0.4 is 9.46 Å². The highest BCUT2D eigenvalue weighted by Gasteiger charge is 2.25. The van der Waals surface area contributed by atoms with E-state index in [1.165, 1.54) is 31.5 Å². The highest BCUT2D eigenvalue weighted by atomic mass is 32.2. The predicted octanol–water partition coefficient (Wildman–Crippen LogP) is 2.13. The number of ether oxygens (including phenoxy) is 1. The molecule has 2 aromatic rings. The molecular weight excluding hydrogens is 342 g/mol. The summed E-state index contributed by atoms with van der Waals surface area (Å²) in [6, 6.07) is 7.51. The number of nitrogens with zero attached hydrogens (tertiary/aromatic N) is 2. The van der Waals surface area contributed by atoms with Crippen molar-refractivity contribution < 1.29 is 17.9 Å². The van der Waals surface area contributed by atoms with E-state index in [0.29, 0.717) is 24.5 Å². The zero-order valence-corrected chi connectivity index (χ0v) is 14.6. The van der Waals surface area contributed by atoms with E-state index in [1.807, 2.05) is 0 Å². The topological polar surface area (TPSA) is 88.6 Å². The van der Waals surface area contributed by atoms with E-state index in [0.717, 1.165) is 12.8 Å². The lowest BCUT2D eigenvalue weighted by Gasteiger charge is -2.18. The quantitative estimate of drug-likeness (QED) is 0.881. The molecule has 7 nitrogen and oxygen atoms in total. The van der Waals surface area contributed by atoms with Crippen LogP contribution in [0.4, 0.5) is 5.69 Å². The van der Waals surface area contributed by atoms with E-state index in [2.05, 4.69) is 9.71 Å². The molecule has 1 amide bonds. The van der Waals surface area contributed by atoms with Crippen molar-refractivity contribution in [3.63, 3.8) is 0 Å². The van der Waals surface area contributed by atoms with Gasteiger partial charge in [0.2, 0.25) is 0 Å². The highest BCUT2D eigenvalue weighted by molar-refractivity contribution is 7.92. The first kappa shape index (κ1) is 17.2. The Morgan fingerprint density at radius 1 is 1.24 bits per heavy atom. The fourth-order valence-electron chi connectivity index (χ4n) is 2.75. The van der Waals surface area contributed by atoms with Crippen LogP contribution in [0.25, 0.3) is 0 Å². The Labute approximate surface area is 146 Å². The molecule has 0 radical (unpaired) electrons. The molecule has 0 atom stereocenters. The molecule has 3 rings (SSSR count). The molecular formula is C17H19N3O4S. The predicted molar refractivity (Wildman–Crippen MR) is 93.2 cm³/mol. The Kier molecular flexibility index (Phi) is 4.89. The Morgan fingerprint density at radius 2 is 2.00 bits per heavy atom. The Hall–Kier alpha value is -2.61. The Morgan fingerprint density at radius 3 is 2.64 bits per heavy atom. The second-order valence-electron chi connectivity index (χ2n) is 5.71. The van der Waals surface area contributed by atoms with Crippen molar-refractivity contribution in [2.24, 2.45) is 0 Å². The maximum Gasteiger partial charge on any atom is 0.261 e. The number of methoxy groups -OCH3 is 1. The second kappa shape index (κ2) is 7.10. The summed E-state index contributed by atoms with van der Waals surface area (Å²) in [7, 11) is -2.38. The normalized spacial score (nSPS) is 14.4. The van der Waals surface area contributed by atoms with Crippen LogP contribution in [0.5, 0.6) is 5.75 Å². The molecule has 0 spiro atoms. The van der Waals surface area contributed by atoms with Gasteiger partial charge in [-0.05, 0) is 43.2 Å². The van der Waals surface area contributed by atoms with Crippen molar-refractivity contribution in [1.82, 2.24) is 9.88 Å². The van der Waals surface area contributed by atoms with Crippen LogP contribution in [0.1, 0.15) is 23.2 Å². The first-order chi connectivity index (χ1) is 12.0. The Balaban J connectivity index is 1.94. The summed E-state index contributed by atoms with van der Waals surface area (Å²) < 4.78 is 32.9. The van der Waals surface area contributed by atoms with Crippen molar-refractivity contribution in [1.29, 1.82) is 0 Å². The minimum absolute atomic E-state index is 0.000278. The molecule has 1 aromatic carbocycles. The number of pyridine rings is 1. The number of benzene rings is 1. The summed E-state index contributed by atoms with van der Waals surface area (Å²) in [5, 5.41) is 0. The second-order valence-corrected chi connectivity index (χ2v) is 7.39. The SMILES string of the molecule is COc1ccc(S(=O)(=O)Nc2cccnc2)cc1C(=O)N1CCCC1. The first-order valence-electron chi connectivity index (χ1n) is 7.91. The average Bonchev–Trinajstić information content (AvgIpc) is 3.15. The minimum atomic E-state index is -3.83. The van der Waals surface area contributed by atoms with Gasteiger partial charge in [0.25, 0.3) is 15.9 Å². The summed E-state index contributed by atoms with van der Waals surface area (Å²) in [4.78, 5) is 18.3. The number of likely N-dealkylation sites (tertiary alicyclic amines) is 1. The maximum atomic E-state index is 12.7. The number of sulfonamides is 1. The summed E-state index contributed by atoms with van der Waals surface area (Å²) in [6.07, 6.45) is 4.87. The molecule has 1 aliphatic heterocycles. The van der Waals surface area contributed by atoms with Crippen LogP contribution in [0.2, 0.25) is 0 Å². The van der Waals surface area contributed by atoms with E-state index in [-0.39, 0.29) is 16.4 Å². The molecule has 1 aromatic heterocycles. The monoisotopic (exact) mass is 361 g/mol. The zero-order valence-electron chi connectivity index (χ0n) is 13.8. The van der Waals surface area contributed by atoms with Crippen molar-refractivity contribution in [3.05, 3.63) is 48.3 Å². The van der Waals surface area contributed by atoms with E-state index in [9.17, 15) is 13.2 Å². The van der Waals surface area contributed by atoms with Crippen molar-refractivity contribution in [2.75, 3.05) is 24.9 Å². The molecule has 0 unspecified atom stereocenters. The number of aromatic nitrogens is 1. The number of hydrogen-bond donors (Lipinski definition) is 1. The summed E-state index contributed by atoms with van der Waals surface area (Å²) >= 11 is 0. The van der Waals surface area contributed by atoms with Gasteiger partial charge in [-0.2, -0.15) is 0 Å². The fourth-order valence-corrected chi connectivity index (χ4v) is 3.82. The molecule has 8 heteroatoms.